The quantitative estimate of drug-likeness (QED) is 0.0428. The molecule has 0 aliphatic carbocycles. The van der Waals surface area contributed by atoms with Crippen LogP contribution in [0.3, 0.4) is 0 Å². The molecule has 278 valence electrons. The largest absolute Gasteiger partial charge is 0.494 e. The molecule has 1 aromatic heterocycles. The zero-order chi connectivity index (χ0) is 37.1. The molecule has 0 radical (unpaired) electrons. The first-order chi connectivity index (χ1) is 26.0. The number of hydrogen-bond donors (Lipinski definition) is 1. The van der Waals surface area contributed by atoms with E-state index in [1.165, 1.54) is 64.2 Å². The normalized spacial score (nSPS) is 10.9. The van der Waals surface area contributed by atoms with Gasteiger partial charge in [0.2, 0.25) is 0 Å². The minimum Gasteiger partial charge on any atom is -0.494 e. The minimum absolute atomic E-state index is 0.416. The van der Waals surface area contributed by atoms with Crippen LogP contribution in [-0.2, 0) is 0 Å². The maximum Gasteiger partial charge on any atom is 0.343 e. The van der Waals surface area contributed by atoms with Gasteiger partial charge in [-0.1, -0.05) is 78.1 Å². The summed E-state index contributed by atoms with van der Waals surface area (Å²) in [7, 11) is 0. The van der Waals surface area contributed by atoms with Gasteiger partial charge in [0, 0.05) is 11.1 Å². The van der Waals surface area contributed by atoms with Gasteiger partial charge in [0.05, 0.1) is 24.3 Å². The predicted molar refractivity (Wildman–Crippen MR) is 208 cm³/mol. The molecule has 0 atom stereocenters. The van der Waals surface area contributed by atoms with Crippen LogP contribution in [0.2, 0.25) is 0 Å². The molecule has 0 saturated heterocycles. The number of hydrogen-bond acceptors (Lipinski definition) is 8. The highest BCUT2D eigenvalue weighted by Crippen LogP contribution is 2.25. The lowest BCUT2D eigenvalue weighted by Gasteiger charge is -2.08. The number of carbonyl (C=O) groups is 2. The smallest absolute Gasteiger partial charge is 0.343 e. The van der Waals surface area contributed by atoms with Crippen molar-refractivity contribution < 1.29 is 28.5 Å². The monoisotopic (exact) mass is 717 g/mol. The van der Waals surface area contributed by atoms with Crippen LogP contribution in [0.1, 0.15) is 112 Å². The van der Waals surface area contributed by atoms with Crippen molar-refractivity contribution in [3.8, 4) is 45.8 Å². The lowest BCUT2D eigenvalue weighted by Crippen LogP contribution is -2.08. The molecule has 1 N–H and O–H groups in total. The summed E-state index contributed by atoms with van der Waals surface area (Å²) < 4.78 is 22.8. The zero-order valence-corrected chi connectivity index (χ0v) is 31.0. The number of H-pyrrole nitrogens is 1. The number of esters is 2. The third-order valence-corrected chi connectivity index (χ3v) is 8.88. The average Bonchev–Trinajstić information content (AvgIpc) is 3.69. The van der Waals surface area contributed by atoms with E-state index in [4.69, 9.17) is 18.9 Å². The lowest BCUT2D eigenvalue weighted by molar-refractivity contribution is 0.0725. The number of aromatic amines is 1. The number of benzene rings is 4. The Kier molecular flexibility index (Phi) is 15.5. The van der Waals surface area contributed by atoms with Crippen molar-refractivity contribution in [1.29, 1.82) is 0 Å². The summed E-state index contributed by atoms with van der Waals surface area (Å²) in [5, 5.41) is 8.57. The second-order valence-electron chi connectivity index (χ2n) is 13.1. The number of nitrogens with zero attached hydrogens (tertiary/aromatic N) is 2. The van der Waals surface area contributed by atoms with Crippen LogP contribution in [-0.4, -0.2) is 40.3 Å². The molecule has 5 rings (SSSR count). The van der Waals surface area contributed by atoms with E-state index in [2.05, 4.69) is 29.0 Å². The van der Waals surface area contributed by atoms with Crippen LogP contribution < -0.4 is 18.9 Å². The van der Waals surface area contributed by atoms with Crippen molar-refractivity contribution in [3.63, 3.8) is 0 Å². The van der Waals surface area contributed by atoms with Gasteiger partial charge < -0.3 is 23.9 Å². The van der Waals surface area contributed by atoms with E-state index in [1.807, 2.05) is 24.3 Å². The Balaban J connectivity index is 1.05. The van der Waals surface area contributed by atoms with Crippen LogP contribution in [0.4, 0.5) is 0 Å². The van der Waals surface area contributed by atoms with E-state index in [1.54, 1.807) is 72.8 Å². The molecule has 0 aliphatic rings. The molecule has 0 aliphatic heterocycles. The molecule has 0 spiro atoms. The summed E-state index contributed by atoms with van der Waals surface area (Å²) in [6.07, 6.45) is 14.5. The van der Waals surface area contributed by atoms with Crippen LogP contribution in [0.15, 0.2) is 97.1 Å². The number of unbranched alkanes of at least 4 members (excludes halogenated alkanes) is 10. The first-order valence-electron chi connectivity index (χ1n) is 19.1. The highest BCUT2D eigenvalue weighted by molar-refractivity contribution is 5.91. The molecular formula is C44H51N3O6. The van der Waals surface area contributed by atoms with E-state index in [9.17, 15) is 9.59 Å². The Morgan fingerprint density at radius 2 is 0.792 bits per heavy atom. The minimum atomic E-state index is -0.446. The zero-order valence-electron chi connectivity index (χ0n) is 31.0. The molecule has 4 aromatic carbocycles. The van der Waals surface area contributed by atoms with Gasteiger partial charge in [-0.2, -0.15) is 0 Å². The molecule has 0 amide bonds. The van der Waals surface area contributed by atoms with Gasteiger partial charge in [-0.15, -0.1) is 10.2 Å². The van der Waals surface area contributed by atoms with Crippen molar-refractivity contribution in [2.75, 3.05) is 13.2 Å². The van der Waals surface area contributed by atoms with Gasteiger partial charge in [-0.25, -0.2) is 9.59 Å². The molecular weight excluding hydrogens is 666 g/mol. The summed E-state index contributed by atoms with van der Waals surface area (Å²) >= 11 is 0. The molecule has 9 nitrogen and oxygen atoms in total. The summed E-state index contributed by atoms with van der Waals surface area (Å²) in [5.74, 6) is 2.54. The third kappa shape index (κ3) is 12.6. The average molecular weight is 718 g/mol. The Labute approximate surface area is 313 Å². The van der Waals surface area contributed by atoms with Crippen LogP contribution in [0, 0.1) is 0 Å². The second kappa shape index (κ2) is 21.2. The predicted octanol–water partition coefficient (Wildman–Crippen LogP) is 11.1. The first-order valence-corrected chi connectivity index (χ1v) is 19.1. The number of aromatic nitrogens is 3. The SMILES string of the molecule is CCCCCCCCOc1ccc(C(=O)Oc2ccc(-c3nnc(-c4ccc(OC(=O)c5ccc(OCCCCCCCC)cc5)cc4)[nH]3)cc2)cc1. The third-order valence-electron chi connectivity index (χ3n) is 8.88. The van der Waals surface area contributed by atoms with Gasteiger partial charge in [0.1, 0.15) is 23.0 Å². The molecule has 0 fully saturated rings. The Hall–Kier alpha value is -5.44. The van der Waals surface area contributed by atoms with E-state index in [0.29, 0.717) is 47.5 Å². The Morgan fingerprint density at radius 3 is 1.17 bits per heavy atom. The molecule has 53 heavy (non-hydrogen) atoms. The van der Waals surface area contributed by atoms with E-state index in [0.717, 1.165) is 35.5 Å². The number of carbonyl (C=O) groups excluding carboxylic acids is 2. The van der Waals surface area contributed by atoms with Crippen molar-refractivity contribution in [3.05, 3.63) is 108 Å². The topological polar surface area (TPSA) is 113 Å². The van der Waals surface area contributed by atoms with Crippen molar-refractivity contribution in [2.45, 2.75) is 90.9 Å². The van der Waals surface area contributed by atoms with Crippen LogP contribution >= 0.6 is 0 Å². The molecule has 0 unspecified atom stereocenters. The maximum atomic E-state index is 12.7. The highest BCUT2D eigenvalue weighted by atomic mass is 16.5. The molecule has 9 heteroatoms. The summed E-state index contributed by atoms with van der Waals surface area (Å²) in [6.45, 7) is 5.78. The highest BCUT2D eigenvalue weighted by Gasteiger charge is 2.13. The molecule has 0 bridgehead atoms. The van der Waals surface area contributed by atoms with Gasteiger partial charge in [-0.3, -0.25) is 0 Å². The fourth-order valence-electron chi connectivity index (χ4n) is 5.73. The van der Waals surface area contributed by atoms with E-state index < -0.39 is 11.9 Å². The summed E-state index contributed by atoms with van der Waals surface area (Å²) in [4.78, 5) is 28.7. The second-order valence-corrected chi connectivity index (χ2v) is 13.1. The first kappa shape index (κ1) is 38.8. The molecule has 5 aromatic rings. The number of rotatable bonds is 22. The summed E-state index contributed by atoms with van der Waals surface area (Å²) in [6, 6.07) is 28.1. The number of nitrogens with one attached hydrogen (secondary N) is 1. The van der Waals surface area contributed by atoms with Gasteiger partial charge >= 0.3 is 11.9 Å². The Bertz CT molecular complexity index is 1680. The van der Waals surface area contributed by atoms with Gasteiger partial charge in [-0.05, 0) is 110 Å². The van der Waals surface area contributed by atoms with Crippen LogP contribution in [0.5, 0.6) is 23.0 Å². The van der Waals surface area contributed by atoms with Crippen molar-refractivity contribution in [2.24, 2.45) is 0 Å². The van der Waals surface area contributed by atoms with E-state index >= 15 is 0 Å². The van der Waals surface area contributed by atoms with Crippen LogP contribution in [0.25, 0.3) is 22.8 Å². The van der Waals surface area contributed by atoms with Crippen molar-refractivity contribution in [1.82, 2.24) is 15.2 Å². The van der Waals surface area contributed by atoms with Gasteiger partial charge in [0.25, 0.3) is 0 Å². The van der Waals surface area contributed by atoms with Gasteiger partial charge in [0.15, 0.2) is 11.6 Å². The number of ether oxygens (including phenoxy) is 4. The standard InChI is InChI=1S/C44H51N3O6/c1-3-5-7-9-11-13-31-50-37-23-19-35(20-24-37)43(48)52-39-27-15-33(16-28-39)41-45-42(47-46-41)34-17-29-40(30-18-34)53-44(49)36-21-25-38(26-22-36)51-32-14-12-10-8-6-4-2/h15-30H,3-14,31-32H2,1-2H3,(H,45,46,47). The Morgan fingerprint density at radius 1 is 0.453 bits per heavy atom. The van der Waals surface area contributed by atoms with Crippen molar-refractivity contribution >= 4 is 11.9 Å². The maximum absolute atomic E-state index is 12.7. The summed E-state index contributed by atoms with van der Waals surface area (Å²) in [5.41, 5.74) is 2.44. The molecule has 0 saturated carbocycles. The van der Waals surface area contributed by atoms with E-state index in [-0.39, 0.29) is 0 Å². The molecule has 1 heterocycles. The fourth-order valence-corrected chi connectivity index (χ4v) is 5.73. The fraction of sp³-hybridized carbons (Fsp3) is 0.364. The lowest BCUT2D eigenvalue weighted by atomic mass is 10.1.